The first kappa shape index (κ1) is 24.5. The van der Waals surface area contributed by atoms with E-state index in [4.69, 9.17) is 21.1 Å². The third-order valence-corrected chi connectivity index (χ3v) is 9.26. The van der Waals surface area contributed by atoms with Crippen molar-refractivity contribution in [1.29, 1.82) is 0 Å². The number of thiophene rings is 1. The van der Waals surface area contributed by atoms with E-state index in [1.54, 1.807) is 32.4 Å². The van der Waals surface area contributed by atoms with Gasteiger partial charge in [0, 0.05) is 24.8 Å². The van der Waals surface area contributed by atoms with Crippen LogP contribution >= 0.6 is 22.9 Å². The molecule has 12 heteroatoms. The number of hydrogen-bond acceptors (Lipinski definition) is 10. The van der Waals surface area contributed by atoms with E-state index in [2.05, 4.69) is 25.5 Å². The van der Waals surface area contributed by atoms with Crippen molar-refractivity contribution in [1.82, 2.24) is 9.97 Å². The molecule has 34 heavy (non-hydrogen) atoms. The van der Waals surface area contributed by atoms with E-state index >= 15 is 0 Å². The molecule has 0 radical (unpaired) electrons. The van der Waals surface area contributed by atoms with Crippen molar-refractivity contribution in [3.63, 3.8) is 0 Å². The number of halogens is 1. The van der Waals surface area contributed by atoms with Gasteiger partial charge in [0.05, 0.1) is 43.1 Å². The lowest BCUT2D eigenvalue weighted by atomic mass is 10.2. The van der Waals surface area contributed by atoms with E-state index in [9.17, 15) is 8.42 Å². The van der Waals surface area contributed by atoms with Crippen molar-refractivity contribution < 1.29 is 17.9 Å². The van der Waals surface area contributed by atoms with Gasteiger partial charge in [-0.1, -0.05) is 11.6 Å². The normalized spacial score (nSPS) is 14.3. The molecule has 2 N–H and O–H groups in total. The zero-order chi connectivity index (χ0) is 24.3. The molecule has 9 nitrogen and oxygen atoms in total. The second kappa shape index (κ2) is 10.3. The van der Waals surface area contributed by atoms with Gasteiger partial charge in [-0.25, -0.2) is 13.4 Å². The summed E-state index contributed by atoms with van der Waals surface area (Å²) < 4.78 is 36.6. The van der Waals surface area contributed by atoms with Gasteiger partial charge >= 0.3 is 0 Å². The van der Waals surface area contributed by atoms with E-state index in [-0.39, 0.29) is 15.2 Å². The lowest BCUT2D eigenvalue weighted by molar-refractivity contribution is 0.122. The summed E-state index contributed by atoms with van der Waals surface area (Å²) in [6.07, 6.45) is 1.46. The Labute approximate surface area is 208 Å². The summed E-state index contributed by atoms with van der Waals surface area (Å²) in [5, 5.41) is 7.64. The molecule has 4 rings (SSSR count). The van der Waals surface area contributed by atoms with Gasteiger partial charge in [0.15, 0.2) is 15.7 Å². The Kier molecular flexibility index (Phi) is 7.46. The van der Waals surface area contributed by atoms with Crippen LogP contribution in [0.15, 0.2) is 40.1 Å². The molecule has 1 saturated heterocycles. The Morgan fingerprint density at radius 3 is 2.65 bits per heavy atom. The van der Waals surface area contributed by atoms with Crippen molar-refractivity contribution in [2.24, 2.45) is 0 Å². The lowest BCUT2D eigenvalue weighted by Gasteiger charge is -2.29. The Morgan fingerprint density at radius 1 is 1.18 bits per heavy atom. The van der Waals surface area contributed by atoms with E-state index < -0.39 is 15.1 Å². The molecule has 0 bridgehead atoms. The average Bonchev–Trinajstić information content (AvgIpc) is 3.31. The van der Waals surface area contributed by atoms with Crippen LogP contribution in [-0.2, 0) is 14.6 Å². The van der Waals surface area contributed by atoms with Gasteiger partial charge in [-0.3, -0.25) is 0 Å². The summed E-state index contributed by atoms with van der Waals surface area (Å²) in [7, 11) is -1.85. The smallest absolute Gasteiger partial charge is 0.229 e. The van der Waals surface area contributed by atoms with E-state index in [1.807, 2.05) is 18.2 Å². The maximum absolute atomic E-state index is 12.7. The quantitative estimate of drug-likeness (QED) is 0.434. The summed E-state index contributed by atoms with van der Waals surface area (Å²) in [6, 6.07) is 7.55. The molecule has 1 aromatic carbocycles. The third kappa shape index (κ3) is 5.22. The molecule has 0 spiro atoms. The van der Waals surface area contributed by atoms with Crippen molar-refractivity contribution in [2.45, 2.75) is 23.3 Å². The predicted molar refractivity (Wildman–Crippen MR) is 136 cm³/mol. The maximum atomic E-state index is 12.7. The van der Waals surface area contributed by atoms with Gasteiger partial charge in [-0.2, -0.15) is 4.98 Å². The number of aromatic nitrogens is 2. The van der Waals surface area contributed by atoms with Gasteiger partial charge in [-0.15, -0.1) is 11.3 Å². The molecule has 0 saturated carbocycles. The van der Waals surface area contributed by atoms with Crippen LogP contribution in [0.4, 0.5) is 28.8 Å². The second-order valence-corrected chi connectivity index (χ2v) is 11.9. The molecule has 2 aromatic heterocycles. The third-order valence-electron chi connectivity index (χ3n) is 5.31. The molecule has 0 amide bonds. The molecule has 0 atom stereocenters. The molecule has 1 aliphatic rings. The van der Waals surface area contributed by atoms with Crippen LogP contribution in [0.2, 0.25) is 5.02 Å². The van der Waals surface area contributed by atoms with Crippen molar-refractivity contribution in [3.8, 4) is 5.75 Å². The fraction of sp³-hybridized carbons (Fsp3) is 0.364. The first-order valence-electron chi connectivity index (χ1n) is 10.7. The molecular formula is C22H26ClN5O4S2. The highest BCUT2D eigenvalue weighted by atomic mass is 35.5. The zero-order valence-electron chi connectivity index (χ0n) is 19.0. The van der Waals surface area contributed by atoms with Crippen molar-refractivity contribution in [2.75, 3.05) is 48.9 Å². The molecule has 0 unspecified atom stereocenters. The summed E-state index contributed by atoms with van der Waals surface area (Å²) in [6.45, 7) is 6.33. The van der Waals surface area contributed by atoms with Gasteiger partial charge in [-0.05, 0) is 37.4 Å². The fourth-order valence-electron chi connectivity index (χ4n) is 3.39. The van der Waals surface area contributed by atoms with Crippen LogP contribution in [0, 0.1) is 0 Å². The minimum atomic E-state index is -3.45. The lowest BCUT2D eigenvalue weighted by Crippen LogP contribution is -2.36. The Bertz CT molecular complexity index is 1260. The van der Waals surface area contributed by atoms with Gasteiger partial charge < -0.3 is 25.0 Å². The highest BCUT2D eigenvalue weighted by Gasteiger charge is 2.25. The van der Waals surface area contributed by atoms with Crippen LogP contribution in [-0.4, -0.2) is 57.0 Å². The molecule has 3 heterocycles. The first-order chi connectivity index (χ1) is 16.3. The largest absolute Gasteiger partial charge is 0.494 e. The zero-order valence-corrected chi connectivity index (χ0v) is 21.4. The Hall–Kier alpha value is -2.60. The van der Waals surface area contributed by atoms with Gasteiger partial charge in [0.2, 0.25) is 5.95 Å². The minimum absolute atomic E-state index is 0.243. The van der Waals surface area contributed by atoms with Gasteiger partial charge in [0.25, 0.3) is 0 Å². The summed E-state index contributed by atoms with van der Waals surface area (Å²) in [5.41, 5.74) is 2.16. The standard InChI is InChI=1S/C22H26ClN5O4S2/c1-14(2)34(29,30)21-18(6-11-33-21)25-20-16(23)13-24-22(27-20)26-17-5-4-15(12-19(17)31-3)28-7-9-32-10-8-28/h4-6,11-14H,7-10H2,1-3H3,(H2,24,25,26,27). The van der Waals surface area contributed by atoms with Crippen LogP contribution in [0.1, 0.15) is 13.8 Å². The van der Waals surface area contributed by atoms with Crippen LogP contribution < -0.4 is 20.3 Å². The van der Waals surface area contributed by atoms with Crippen LogP contribution in [0.5, 0.6) is 5.75 Å². The van der Waals surface area contributed by atoms with Crippen molar-refractivity contribution in [3.05, 3.63) is 40.9 Å². The topological polar surface area (TPSA) is 106 Å². The number of morpholine rings is 1. The average molecular weight is 524 g/mol. The van der Waals surface area contributed by atoms with Crippen LogP contribution in [0.25, 0.3) is 0 Å². The highest BCUT2D eigenvalue weighted by Crippen LogP contribution is 2.35. The number of methoxy groups -OCH3 is 1. The fourth-order valence-corrected chi connectivity index (χ4v) is 6.23. The number of ether oxygens (including phenoxy) is 2. The summed E-state index contributed by atoms with van der Waals surface area (Å²) >= 11 is 7.46. The number of benzene rings is 1. The highest BCUT2D eigenvalue weighted by molar-refractivity contribution is 7.94. The SMILES string of the molecule is COc1cc(N2CCOCC2)ccc1Nc1ncc(Cl)c(Nc2ccsc2S(=O)(=O)C(C)C)n1. The van der Waals surface area contributed by atoms with Gasteiger partial charge in [0.1, 0.15) is 15.0 Å². The molecular weight excluding hydrogens is 498 g/mol. The van der Waals surface area contributed by atoms with E-state index in [0.717, 1.165) is 30.1 Å². The number of nitrogens with zero attached hydrogens (tertiary/aromatic N) is 3. The molecule has 3 aromatic rings. The molecule has 1 fully saturated rings. The molecule has 0 aliphatic carbocycles. The number of anilines is 5. The summed E-state index contributed by atoms with van der Waals surface area (Å²) in [5.74, 6) is 1.22. The molecule has 1 aliphatic heterocycles. The Morgan fingerprint density at radius 2 is 1.94 bits per heavy atom. The minimum Gasteiger partial charge on any atom is -0.494 e. The number of hydrogen-bond donors (Lipinski definition) is 2. The second-order valence-electron chi connectivity index (χ2n) is 7.84. The maximum Gasteiger partial charge on any atom is 0.229 e. The van der Waals surface area contributed by atoms with E-state index in [0.29, 0.717) is 36.2 Å². The predicted octanol–water partition coefficient (Wildman–Crippen LogP) is 4.71. The number of sulfone groups is 1. The number of nitrogens with one attached hydrogen (secondary N) is 2. The molecule has 182 valence electrons. The van der Waals surface area contributed by atoms with Crippen LogP contribution in [0.3, 0.4) is 0 Å². The Balaban J connectivity index is 1.57. The monoisotopic (exact) mass is 523 g/mol. The van der Waals surface area contributed by atoms with E-state index in [1.165, 1.54) is 6.20 Å². The first-order valence-corrected chi connectivity index (χ1v) is 13.5. The summed E-state index contributed by atoms with van der Waals surface area (Å²) in [4.78, 5) is 11.0. The van der Waals surface area contributed by atoms with Crippen molar-refractivity contribution >= 4 is 61.6 Å². The number of rotatable bonds is 8.